The maximum absolute atomic E-state index is 12.6. The number of ether oxygens (including phenoxy) is 3. The Morgan fingerprint density at radius 3 is 1.48 bits per heavy atom. The molecule has 7 nitrogen and oxygen atoms in total. The average molecular weight is 561 g/mol. The fourth-order valence-electron chi connectivity index (χ4n) is 4.76. The second kappa shape index (κ2) is 12.2. The largest absolute Gasteiger partial charge is 0.491 e. The van der Waals surface area contributed by atoms with Gasteiger partial charge in [0.15, 0.2) is 0 Å². The highest BCUT2D eigenvalue weighted by atomic mass is 16.6. The van der Waals surface area contributed by atoms with Crippen LogP contribution in [-0.4, -0.2) is 25.9 Å². The molecule has 0 N–H and O–H groups in total. The molecule has 7 heteroatoms. The fourth-order valence-corrected chi connectivity index (χ4v) is 4.76. The Bertz CT molecular complexity index is 1800. The van der Waals surface area contributed by atoms with Gasteiger partial charge in [-0.25, -0.2) is 9.59 Å². The lowest BCUT2D eigenvalue weighted by atomic mass is 10.1. The molecule has 0 bridgehead atoms. The first-order valence-electron chi connectivity index (χ1n) is 13.7. The van der Waals surface area contributed by atoms with E-state index in [9.17, 15) is 9.59 Å². The van der Waals surface area contributed by atoms with Crippen molar-refractivity contribution in [2.75, 3.05) is 19.8 Å². The molecule has 4 aromatic carbocycles. The minimum Gasteiger partial charge on any atom is -0.491 e. The van der Waals surface area contributed by atoms with Gasteiger partial charge in [-0.15, -0.1) is 0 Å². The van der Waals surface area contributed by atoms with Crippen LogP contribution in [0.1, 0.15) is 6.92 Å². The Morgan fingerprint density at radius 1 is 0.595 bits per heavy atom. The van der Waals surface area contributed by atoms with Crippen LogP contribution in [0, 0.1) is 0 Å². The van der Waals surface area contributed by atoms with Crippen LogP contribution < -0.4 is 20.7 Å². The van der Waals surface area contributed by atoms with Gasteiger partial charge >= 0.3 is 11.3 Å². The molecular formula is C35H28O7. The number of benzene rings is 4. The maximum atomic E-state index is 12.6. The molecule has 2 aromatic heterocycles. The Balaban J connectivity index is 1.13. The molecule has 6 aromatic rings. The van der Waals surface area contributed by atoms with Gasteiger partial charge in [0.05, 0.1) is 11.1 Å². The molecule has 0 saturated heterocycles. The summed E-state index contributed by atoms with van der Waals surface area (Å²) in [5.74, 6) is 1.09. The van der Waals surface area contributed by atoms with E-state index in [1.165, 1.54) is 0 Å². The summed E-state index contributed by atoms with van der Waals surface area (Å²) in [5.41, 5.74) is 2.69. The van der Waals surface area contributed by atoms with Gasteiger partial charge in [0.2, 0.25) is 0 Å². The van der Waals surface area contributed by atoms with E-state index in [-0.39, 0.29) is 19.3 Å². The summed E-state index contributed by atoms with van der Waals surface area (Å²) in [7, 11) is 0. The molecule has 0 aliphatic heterocycles. The van der Waals surface area contributed by atoms with Crippen LogP contribution in [0.5, 0.6) is 11.5 Å². The third kappa shape index (κ3) is 5.96. The van der Waals surface area contributed by atoms with Crippen LogP contribution in [0.25, 0.3) is 44.2 Å². The number of rotatable bonds is 10. The van der Waals surface area contributed by atoms with Crippen molar-refractivity contribution in [3.8, 4) is 33.8 Å². The van der Waals surface area contributed by atoms with Crippen LogP contribution in [0.4, 0.5) is 0 Å². The van der Waals surface area contributed by atoms with Crippen LogP contribution >= 0.6 is 0 Å². The van der Waals surface area contributed by atoms with Crippen LogP contribution in [0.3, 0.4) is 0 Å². The highest BCUT2D eigenvalue weighted by molar-refractivity contribution is 5.83. The summed E-state index contributed by atoms with van der Waals surface area (Å²) in [6.45, 7) is 2.81. The van der Waals surface area contributed by atoms with E-state index in [0.29, 0.717) is 40.4 Å². The molecule has 0 radical (unpaired) electrons. The topological polar surface area (TPSA) is 88.1 Å². The van der Waals surface area contributed by atoms with E-state index in [4.69, 9.17) is 23.0 Å². The van der Waals surface area contributed by atoms with E-state index >= 15 is 0 Å². The van der Waals surface area contributed by atoms with Crippen molar-refractivity contribution in [3.05, 3.63) is 130 Å². The third-order valence-corrected chi connectivity index (χ3v) is 6.86. The summed E-state index contributed by atoms with van der Waals surface area (Å²) in [6, 6.07) is 33.3. The predicted molar refractivity (Wildman–Crippen MR) is 162 cm³/mol. The average Bonchev–Trinajstić information content (AvgIpc) is 3.02. The zero-order valence-electron chi connectivity index (χ0n) is 22.9. The van der Waals surface area contributed by atoms with Gasteiger partial charge in [-0.2, -0.15) is 0 Å². The van der Waals surface area contributed by atoms with E-state index in [1.807, 2.05) is 104 Å². The fraction of sp³-hybridized carbons (Fsp3) is 0.143. The zero-order chi connectivity index (χ0) is 28.9. The maximum Gasteiger partial charge on any atom is 0.344 e. The Labute approximate surface area is 241 Å². The quantitative estimate of drug-likeness (QED) is 0.165. The van der Waals surface area contributed by atoms with E-state index in [1.54, 1.807) is 12.1 Å². The Morgan fingerprint density at radius 2 is 1.05 bits per heavy atom. The zero-order valence-corrected chi connectivity index (χ0v) is 22.9. The summed E-state index contributed by atoms with van der Waals surface area (Å²) < 4.78 is 29.0. The SMILES string of the molecule is CCOC(COc1ccc2cc(-c3ccccc3)c(=O)oc2c1)COc1ccc2cc(-c3ccccc3)c(=O)oc2c1. The van der Waals surface area contributed by atoms with E-state index in [2.05, 4.69) is 0 Å². The highest BCUT2D eigenvalue weighted by Gasteiger charge is 2.14. The normalized spacial score (nSPS) is 11.3. The molecule has 0 amide bonds. The molecule has 0 aliphatic rings. The van der Waals surface area contributed by atoms with Gasteiger partial charge < -0.3 is 23.0 Å². The summed E-state index contributed by atoms with van der Waals surface area (Å²) >= 11 is 0. The molecule has 0 spiro atoms. The number of hydrogen-bond donors (Lipinski definition) is 0. The van der Waals surface area contributed by atoms with Gasteiger partial charge in [-0.05, 0) is 54.4 Å². The highest BCUT2D eigenvalue weighted by Crippen LogP contribution is 2.26. The van der Waals surface area contributed by atoms with Crippen molar-refractivity contribution in [3.63, 3.8) is 0 Å². The van der Waals surface area contributed by atoms with Gasteiger partial charge in [-0.1, -0.05) is 60.7 Å². The first kappa shape index (κ1) is 27.1. The molecule has 0 aliphatic carbocycles. The first-order chi connectivity index (χ1) is 20.6. The van der Waals surface area contributed by atoms with Crippen molar-refractivity contribution in [2.24, 2.45) is 0 Å². The molecule has 6 rings (SSSR count). The molecule has 0 unspecified atom stereocenters. The summed E-state index contributed by atoms with van der Waals surface area (Å²) in [4.78, 5) is 25.3. The van der Waals surface area contributed by atoms with E-state index in [0.717, 1.165) is 21.9 Å². The summed E-state index contributed by atoms with van der Waals surface area (Å²) in [5, 5.41) is 1.59. The third-order valence-electron chi connectivity index (χ3n) is 6.86. The van der Waals surface area contributed by atoms with Gasteiger partial charge in [0, 0.05) is 29.5 Å². The van der Waals surface area contributed by atoms with Crippen molar-refractivity contribution < 1.29 is 23.0 Å². The van der Waals surface area contributed by atoms with Crippen molar-refractivity contribution in [1.29, 1.82) is 0 Å². The minimum absolute atomic E-state index is 0.217. The summed E-state index contributed by atoms with van der Waals surface area (Å²) in [6.07, 6.45) is -0.374. The second-order valence-corrected chi connectivity index (χ2v) is 9.73. The van der Waals surface area contributed by atoms with E-state index < -0.39 is 11.3 Å². The molecule has 0 fully saturated rings. The monoisotopic (exact) mass is 560 g/mol. The lowest BCUT2D eigenvalue weighted by molar-refractivity contribution is -0.00118. The van der Waals surface area contributed by atoms with Crippen molar-refractivity contribution in [2.45, 2.75) is 13.0 Å². The predicted octanol–water partition coefficient (Wildman–Crippen LogP) is 7.10. The van der Waals surface area contributed by atoms with Crippen LogP contribution in [0.2, 0.25) is 0 Å². The van der Waals surface area contributed by atoms with Gasteiger partial charge in [-0.3, -0.25) is 0 Å². The van der Waals surface area contributed by atoms with Crippen molar-refractivity contribution >= 4 is 21.9 Å². The van der Waals surface area contributed by atoms with Gasteiger partial charge in [0.1, 0.15) is 42.0 Å². The lowest BCUT2D eigenvalue weighted by Crippen LogP contribution is -2.28. The smallest absolute Gasteiger partial charge is 0.344 e. The minimum atomic E-state index is -0.408. The second-order valence-electron chi connectivity index (χ2n) is 9.73. The molecule has 2 heterocycles. The first-order valence-corrected chi connectivity index (χ1v) is 13.7. The lowest BCUT2D eigenvalue weighted by Gasteiger charge is -2.18. The molecule has 210 valence electrons. The molecule has 0 saturated carbocycles. The Hall–Kier alpha value is -5.14. The van der Waals surface area contributed by atoms with Crippen LogP contribution in [-0.2, 0) is 4.74 Å². The van der Waals surface area contributed by atoms with Crippen LogP contribution in [0.15, 0.2) is 128 Å². The van der Waals surface area contributed by atoms with Crippen molar-refractivity contribution in [1.82, 2.24) is 0 Å². The standard InChI is InChI=1S/C35H28O7/c1-2-38-29(21-39-27-15-13-25-17-30(23-9-5-3-6-10-23)34(36)41-32(25)19-27)22-40-28-16-14-26-18-31(24-11-7-4-8-12-24)35(37)42-33(26)20-28/h3-20,29H,2,21-22H2,1H3. The molecule has 42 heavy (non-hydrogen) atoms. The molecular weight excluding hydrogens is 532 g/mol. The Kier molecular flexibility index (Phi) is 7.83. The number of fused-ring (bicyclic) bond motifs is 2. The molecule has 0 atom stereocenters. The van der Waals surface area contributed by atoms with Gasteiger partial charge in [0.25, 0.3) is 0 Å². The number of hydrogen-bond acceptors (Lipinski definition) is 7.